The molecule has 0 aromatic heterocycles. The largest absolute Gasteiger partial charge is 0.316 e. The Morgan fingerprint density at radius 3 is 1.42 bits per heavy atom. The lowest BCUT2D eigenvalue weighted by Crippen LogP contribution is -2.24. The van der Waals surface area contributed by atoms with E-state index < -0.39 is 8.53 Å². The van der Waals surface area contributed by atoms with E-state index in [9.17, 15) is 0 Å². The van der Waals surface area contributed by atoms with E-state index in [1.54, 1.807) is 0 Å². The molecular formula is C20H28NO4P. The third-order valence-electron chi connectivity index (χ3n) is 3.10. The predicted octanol–water partition coefficient (Wildman–Crippen LogP) is 5.63. The number of hydrogen-bond acceptors (Lipinski definition) is 5. The minimum absolute atomic E-state index is 0.0111. The van der Waals surface area contributed by atoms with Gasteiger partial charge < -0.3 is 9.05 Å². The first-order valence-electron chi connectivity index (χ1n) is 8.82. The van der Waals surface area contributed by atoms with Crippen molar-refractivity contribution in [1.29, 1.82) is 0 Å². The Kier molecular flexibility index (Phi) is 9.19. The van der Waals surface area contributed by atoms with Crippen LogP contribution in [0, 0.1) is 0 Å². The molecule has 2 rings (SSSR count). The standard InChI is InChI=1S/C20H28NO4P/c1-17(2)24-26(25-18(3)4)21(22-15-19-11-7-5-8-12-19)23-16-20-13-9-6-10-14-20/h5-14,17-18H,15-16H2,1-4H3. The Morgan fingerprint density at radius 2 is 1.08 bits per heavy atom. The third kappa shape index (κ3) is 7.92. The smallest absolute Gasteiger partial charge is 0.311 e. The van der Waals surface area contributed by atoms with Crippen LogP contribution in [0.5, 0.6) is 0 Å². The van der Waals surface area contributed by atoms with Crippen molar-refractivity contribution in [3.8, 4) is 0 Å². The highest BCUT2D eigenvalue weighted by atomic mass is 31.2. The second-order valence-electron chi connectivity index (χ2n) is 6.30. The van der Waals surface area contributed by atoms with Crippen molar-refractivity contribution in [1.82, 2.24) is 5.00 Å². The number of benzene rings is 2. The molecule has 0 aliphatic heterocycles. The van der Waals surface area contributed by atoms with Crippen LogP contribution < -0.4 is 0 Å². The Bertz CT molecular complexity index is 556. The average Bonchev–Trinajstić information content (AvgIpc) is 2.62. The summed E-state index contributed by atoms with van der Waals surface area (Å²) in [5.41, 5.74) is 2.09. The normalized spacial score (nSPS) is 11.8. The predicted molar refractivity (Wildman–Crippen MR) is 104 cm³/mol. The van der Waals surface area contributed by atoms with Crippen molar-refractivity contribution < 1.29 is 18.7 Å². The van der Waals surface area contributed by atoms with Crippen molar-refractivity contribution >= 4 is 8.53 Å². The lowest BCUT2D eigenvalue weighted by atomic mass is 10.2. The molecule has 0 bridgehead atoms. The topological polar surface area (TPSA) is 40.2 Å². The average molecular weight is 377 g/mol. The molecule has 0 radical (unpaired) electrons. The highest BCUT2D eigenvalue weighted by molar-refractivity contribution is 7.44. The van der Waals surface area contributed by atoms with Crippen LogP contribution in [0.4, 0.5) is 0 Å². The first kappa shape index (κ1) is 21.0. The van der Waals surface area contributed by atoms with Crippen LogP contribution in [-0.2, 0) is 31.9 Å². The van der Waals surface area contributed by atoms with E-state index in [4.69, 9.17) is 18.7 Å². The van der Waals surface area contributed by atoms with Crippen LogP contribution >= 0.6 is 8.53 Å². The van der Waals surface area contributed by atoms with Gasteiger partial charge in [-0.15, -0.1) is 0 Å². The van der Waals surface area contributed by atoms with Gasteiger partial charge in [-0.05, 0) is 38.8 Å². The molecule has 6 heteroatoms. The van der Waals surface area contributed by atoms with Crippen molar-refractivity contribution in [2.45, 2.75) is 53.1 Å². The van der Waals surface area contributed by atoms with E-state index in [1.807, 2.05) is 88.4 Å². The fourth-order valence-electron chi connectivity index (χ4n) is 2.00. The molecule has 5 nitrogen and oxygen atoms in total. The fourth-order valence-corrected chi connectivity index (χ4v) is 3.23. The van der Waals surface area contributed by atoms with E-state index >= 15 is 0 Å². The summed E-state index contributed by atoms with van der Waals surface area (Å²) >= 11 is 0. The minimum atomic E-state index is -1.51. The summed E-state index contributed by atoms with van der Waals surface area (Å²) in [7, 11) is -1.51. The Hall–Kier alpha value is -1.33. The van der Waals surface area contributed by atoms with Crippen molar-refractivity contribution in [2.24, 2.45) is 0 Å². The maximum absolute atomic E-state index is 5.92. The minimum Gasteiger partial charge on any atom is -0.316 e. The van der Waals surface area contributed by atoms with Crippen LogP contribution in [-0.4, -0.2) is 17.2 Å². The lowest BCUT2D eigenvalue weighted by molar-refractivity contribution is -0.324. The molecule has 0 unspecified atom stereocenters. The molecule has 0 N–H and O–H groups in total. The number of hydrogen-bond donors (Lipinski definition) is 0. The van der Waals surface area contributed by atoms with Gasteiger partial charge in [-0.3, -0.25) is 9.68 Å². The molecule has 0 amide bonds. The molecule has 0 spiro atoms. The Balaban J connectivity index is 2.06. The summed E-state index contributed by atoms with van der Waals surface area (Å²) in [5, 5.41) is 0. The third-order valence-corrected chi connectivity index (χ3v) is 4.81. The molecule has 2 aromatic carbocycles. The maximum Gasteiger partial charge on any atom is 0.311 e. The van der Waals surface area contributed by atoms with Crippen LogP contribution in [0.3, 0.4) is 0 Å². The van der Waals surface area contributed by atoms with Crippen LogP contribution in [0.25, 0.3) is 0 Å². The monoisotopic (exact) mass is 377 g/mol. The second-order valence-corrected chi connectivity index (χ2v) is 7.53. The zero-order chi connectivity index (χ0) is 18.8. The number of rotatable bonds is 11. The van der Waals surface area contributed by atoms with Gasteiger partial charge in [-0.1, -0.05) is 60.7 Å². The maximum atomic E-state index is 5.92. The van der Waals surface area contributed by atoms with E-state index in [2.05, 4.69) is 0 Å². The summed E-state index contributed by atoms with van der Waals surface area (Å²) in [6, 6.07) is 19.9. The van der Waals surface area contributed by atoms with Gasteiger partial charge in [0, 0.05) is 5.00 Å². The first-order valence-corrected chi connectivity index (χ1v) is 9.95. The molecular weight excluding hydrogens is 349 g/mol. The van der Waals surface area contributed by atoms with Crippen LogP contribution in [0.2, 0.25) is 0 Å². The quantitative estimate of drug-likeness (QED) is 0.375. The molecule has 0 aliphatic rings. The lowest BCUT2D eigenvalue weighted by Gasteiger charge is -2.29. The summed E-state index contributed by atoms with van der Waals surface area (Å²) in [4.78, 5) is 13.2. The molecule has 26 heavy (non-hydrogen) atoms. The van der Waals surface area contributed by atoms with E-state index in [-0.39, 0.29) is 12.2 Å². The zero-order valence-corrected chi connectivity index (χ0v) is 16.8. The summed E-state index contributed by atoms with van der Waals surface area (Å²) in [6.07, 6.45) is -0.0222. The van der Waals surface area contributed by atoms with Gasteiger partial charge >= 0.3 is 8.53 Å². The van der Waals surface area contributed by atoms with Gasteiger partial charge in [-0.25, -0.2) is 0 Å². The first-order chi connectivity index (χ1) is 12.5. The SMILES string of the molecule is CC(C)OP(OC(C)C)N(OCc1ccccc1)OCc1ccccc1. The van der Waals surface area contributed by atoms with Gasteiger partial charge in [0.15, 0.2) is 0 Å². The van der Waals surface area contributed by atoms with E-state index in [0.29, 0.717) is 13.2 Å². The molecule has 0 heterocycles. The zero-order valence-electron chi connectivity index (χ0n) is 15.9. The van der Waals surface area contributed by atoms with Gasteiger partial charge in [0.2, 0.25) is 0 Å². The highest BCUT2D eigenvalue weighted by Gasteiger charge is 2.27. The van der Waals surface area contributed by atoms with Crippen LogP contribution in [0.1, 0.15) is 38.8 Å². The Morgan fingerprint density at radius 1 is 0.692 bits per heavy atom. The van der Waals surface area contributed by atoms with Gasteiger partial charge in [0.05, 0.1) is 25.4 Å². The summed E-state index contributed by atoms with van der Waals surface area (Å²) < 4.78 is 11.8. The van der Waals surface area contributed by atoms with E-state index in [1.165, 1.54) is 5.00 Å². The van der Waals surface area contributed by atoms with E-state index in [0.717, 1.165) is 11.1 Å². The molecule has 0 atom stereocenters. The molecule has 0 aliphatic carbocycles. The molecule has 0 saturated carbocycles. The summed E-state index contributed by atoms with van der Waals surface area (Å²) in [5.74, 6) is 0. The van der Waals surface area contributed by atoms with Gasteiger partial charge in [-0.2, -0.15) is 0 Å². The van der Waals surface area contributed by atoms with Crippen molar-refractivity contribution in [3.63, 3.8) is 0 Å². The van der Waals surface area contributed by atoms with Crippen LogP contribution in [0.15, 0.2) is 60.7 Å². The van der Waals surface area contributed by atoms with Crippen molar-refractivity contribution in [3.05, 3.63) is 71.8 Å². The van der Waals surface area contributed by atoms with Gasteiger partial charge in [0.1, 0.15) is 0 Å². The molecule has 0 fully saturated rings. The molecule has 0 saturated heterocycles. The summed E-state index contributed by atoms with van der Waals surface area (Å²) in [6.45, 7) is 8.60. The molecule has 142 valence electrons. The fraction of sp³-hybridized carbons (Fsp3) is 0.400. The molecule has 2 aromatic rings. The Labute approximate surface area is 157 Å². The number of nitrogens with zero attached hydrogens (tertiary/aromatic N) is 1. The van der Waals surface area contributed by atoms with Gasteiger partial charge in [0.25, 0.3) is 0 Å². The highest BCUT2D eigenvalue weighted by Crippen LogP contribution is 2.46. The second kappa shape index (κ2) is 11.4. The van der Waals surface area contributed by atoms with Crippen molar-refractivity contribution in [2.75, 3.05) is 0 Å².